The second-order valence-electron chi connectivity index (χ2n) is 5.15. The standard InChI is InChI=1S/C15H15FN2O2/c1-9-11-8-10(15(19)20)6-7-13(11)18(17-9)14-5-3-2-4-12(14)16/h2-5,10H,6-8H2,1H3,(H,19,20). The van der Waals surface area contributed by atoms with Gasteiger partial charge in [-0.05, 0) is 43.9 Å². The highest BCUT2D eigenvalue weighted by Gasteiger charge is 2.29. The van der Waals surface area contributed by atoms with Crippen LogP contribution in [0.15, 0.2) is 24.3 Å². The van der Waals surface area contributed by atoms with Gasteiger partial charge in [0.25, 0.3) is 0 Å². The Labute approximate surface area is 115 Å². The van der Waals surface area contributed by atoms with Crippen LogP contribution in [-0.4, -0.2) is 20.9 Å². The summed E-state index contributed by atoms with van der Waals surface area (Å²) in [4.78, 5) is 11.1. The molecule has 0 spiro atoms. The number of aryl methyl sites for hydroxylation is 1. The molecular weight excluding hydrogens is 259 g/mol. The molecule has 1 aromatic heterocycles. The van der Waals surface area contributed by atoms with Gasteiger partial charge in [0.05, 0.1) is 11.6 Å². The molecule has 5 heteroatoms. The Bertz CT molecular complexity index is 679. The Morgan fingerprint density at radius 3 is 2.90 bits per heavy atom. The van der Waals surface area contributed by atoms with Crippen molar-refractivity contribution in [2.45, 2.75) is 26.2 Å². The molecule has 4 nitrogen and oxygen atoms in total. The highest BCUT2D eigenvalue weighted by molar-refractivity contribution is 5.71. The fourth-order valence-electron chi connectivity index (χ4n) is 2.82. The van der Waals surface area contributed by atoms with E-state index in [9.17, 15) is 9.18 Å². The van der Waals surface area contributed by atoms with Gasteiger partial charge < -0.3 is 5.11 Å². The first-order valence-electron chi connectivity index (χ1n) is 6.63. The number of hydrogen-bond donors (Lipinski definition) is 1. The number of carboxylic acids is 1. The van der Waals surface area contributed by atoms with Crippen LogP contribution in [0.25, 0.3) is 5.69 Å². The predicted octanol–water partition coefficient (Wildman–Crippen LogP) is 2.51. The van der Waals surface area contributed by atoms with Gasteiger partial charge in [-0.1, -0.05) is 12.1 Å². The summed E-state index contributed by atoms with van der Waals surface area (Å²) >= 11 is 0. The number of carbonyl (C=O) groups is 1. The van der Waals surface area contributed by atoms with Crippen LogP contribution in [0.5, 0.6) is 0 Å². The highest BCUT2D eigenvalue weighted by atomic mass is 19.1. The molecule has 0 amide bonds. The molecule has 20 heavy (non-hydrogen) atoms. The normalized spacial score (nSPS) is 17.8. The summed E-state index contributed by atoms with van der Waals surface area (Å²) in [5, 5.41) is 13.5. The minimum atomic E-state index is -0.770. The van der Waals surface area contributed by atoms with Crippen molar-refractivity contribution in [3.8, 4) is 5.69 Å². The van der Waals surface area contributed by atoms with E-state index in [1.807, 2.05) is 6.92 Å². The molecule has 1 unspecified atom stereocenters. The Hall–Kier alpha value is -2.17. The fourth-order valence-corrected chi connectivity index (χ4v) is 2.82. The second-order valence-corrected chi connectivity index (χ2v) is 5.15. The van der Waals surface area contributed by atoms with E-state index in [0.29, 0.717) is 24.9 Å². The van der Waals surface area contributed by atoms with Crippen molar-refractivity contribution in [2.75, 3.05) is 0 Å². The molecule has 1 aromatic carbocycles. The van der Waals surface area contributed by atoms with Crippen molar-refractivity contribution in [1.29, 1.82) is 0 Å². The number of nitrogens with zero attached hydrogens (tertiary/aromatic N) is 2. The zero-order valence-electron chi connectivity index (χ0n) is 11.1. The first-order chi connectivity index (χ1) is 9.58. The number of aliphatic carboxylic acids is 1. The first kappa shape index (κ1) is 12.8. The molecule has 1 N–H and O–H groups in total. The molecule has 1 heterocycles. The van der Waals surface area contributed by atoms with Crippen LogP contribution in [0.3, 0.4) is 0 Å². The van der Waals surface area contributed by atoms with Gasteiger partial charge in [0, 0.05) is 5.69 Å². The van der Waals surface area contributed by atoms with Crippen molar-refractivity contribution < 1.29 is 14.3 Å². The molecule has 1 atom stereocenters. The van der Waals surface area contributed by atoms with Gasteiger partial charge in [0.15, 0.2) is 0 Å². The van der Waals surface area contributed by atoms with Crippen molar-refractivity contribution in [3.63, 3.8) is 0 Å². The van der Waals surface area contributed by atoms with E-state index >= 15 is 0 Å². The monoisotopic (exact) mass is 274 g/mol. The Morgan fingerprint density at radius 1 is 1.45 bits per heavy atom. The smallest absolute Gasteiger partial charge is 0.306 e. The van der Waals surface area contributed by atoms with E-state index in [1.165, 1.54) is 6.07 Å². The average molecular weight is 274 g/mol. The molecule has 0 bridgehead atoms. The number of fused-ring (bicyclic) bond motifs is 1. The van der Waals surface area contributed by atoms with Crippen molar-refractivity contribution in [2.24, 2.45) is 5.92 Å². The summed E-state index contributed by atoms with van der Waals surface area (Å²) in [5.74, 6) is -1.45. The number of para-hydroxylation sites is 1. The third-order valence-corrected chi connectivity index (χ3v) is 3.90. The SMILES string of the molecule is Cc1nn(-c2ccccc2F)c2c1CC(C(=O)O)CC2. The number of halogens is 1. The van der Waals surface area contributed by atoms with Crippen LogP contribution >= 0.6 is 0 Å². The third-order valence-electron chi connectivity index (χ3n) is 3.90. The average Bonchev–Trinajstić information content (AvgIpc) is 2.76. The van der Waals surface area contributed by atoms with Crippen molar-refractivity contribution in [3.05, 3.63) is 47.0 Å². The van der Waals surface area contributed by atoms with E-state index < -0.39 is 5.97 Å². The molecule has 3 rings (SSSR count). The lowest BCUT2D eigenvalue weighted by Crippen LogP contribution is -2.23. The minimum absolute atomic E-state index is 0.321. The molecule has 0 saturated carbocycles. The topological polar surface area (TPSA) is 55.1 Å². The highest BCUT2D eigenvalue weighted by Crippen LogP contribution is 2.30. The summed E-state index contributed by atoms with van der Waals surface area (Å²) in [6.07, 6.45) is 1.66. The van der Waals surface area contributed by atoms with Crippen LogP contribution in [0.2, 0.25) is 0 Å². The van der Waals surface area contributed by atoms with Crippen LogP contribution < -0.4 is 0 Å². The Morgan fingerprint density at radius 2 is 2.20 bits per heavy atom. The van der Waals surface area contributed by atoms with Crippen LogP contribution in [0.4, 0.5) is 4.39 Å². The van der Waals surface area contributed by atoms with E-state index in [0.717, 1.165) is 17.0 Å². The van der Waals surface area contributed by atoms with Crippen LogP contribution in [-0.2, 0) is 17.6 Å². The molecule has 0 radical (unpaired) electrons. The van der Waals surface area contributed by atoms with E-state index in [1.54, 1.807) is 22.9 Å². The molecule has 0 saturated heterocycles. The van der Waals surface area contributed by atoms with Gasteiger partial charge in [-0.3, -0.25) is 4.79 Å². The molecule has 1 aliphatic rings. The molecule has 104 valence electrons. The first-order valence-corrected chi connectivity index (χ1v) is 6.63. The predicted molar refractivity (Wildman–Crippen MR) is 71.4 cm³/mol. The van der Waals surface area contributed by atoms with E-state index in [4.69, 9.17) is 5.11 Å². The van der Waals surface area contributed by atoms with E-state index in [-0.39, 0.29) is 11.7 Å². The van der Waals surface area contributed by atoms with Gasteiger partial charge in [-0.15, -0.1) is 0 Å². The lowest BCUT2D eigenvalue weighted by Gasteiger charge is -2.20. The van der Waals surface area contributed by atoms with Crippen LogP contribution in [0.1, 0.15) is 23.4 Å². The largest absolute Gasteiger partial charge is 0.481 e. The summed E-state index contributed by atoms with van der Waals surface area (Å²) in [6.45, 7) is 1.85. The lowest BCUT2D eigenvalue weighted by atomic mass is 9.86. The number of rotatable bonds is 2. The molecular formula is C15H15FN2O2. The number of benzene rings is 1. The lowest BCUT2D eigenvalue weighted by molar-refractivity contribution is -0.142. The summed E-state index contributed by atoms with van der Waals surface area (Å²) < 4.78 is 15.5. The summed E-state index contributed by atoms with van der Waals surface area (Å²) in [5.41, 5.74) is 3.09. The fraction of sp³-hybridized carbons (Fsp3) is 0.333. The molecule has 0 aliphatic heterocycles. The van der Waals surface area contributed by atoms with Crippen molar-refractivity contribution in [1.82, 2.24) is 9.78 Å². The summed E-state index contributed by atoms with van der Waals surface area (Å²) in [7, 11) is 0. The molecule has 0 fully saturated rings. The Balaban J connectivity index is 2.07. The van der Waals surface area contributed by atoms with Gasteiger partial charge in [-0.2, -0.15) is 5.10 Å². The molecule has 2 aromatic rings. The second kappa shape index (κ2) is 4.74. The number of hydrogen-bond acceptors (Lipinski definition) is 2. The van der Waals surface area contributed by atoms with Crippen LogP contribution in [0, 0.1) is 18.7 Å². The number of aromatic nitrogens is 2. The maximum absolute atomic E-state index is 13.9. The van der Waals surface area contributed by atoms with E-state index in [2.05, 4.69) is 5.10 Å². The third kappa shape index (κ3) is 1.99. The van der Waals surface area contributed by atoms with Gasteiger partial charge in [0.1, 0.15) is 11.5 Å². The zero-order valence-corrected chi connectivity index (χ0v) is 11.1. The quantitative estimate of drug-likeness (QED) is 0.915. The summed E-state index contributed by atoms with van der Waals surface area (Å²) in [6, 6.07) is 6.50. The minimum Gasteiger partial charge on any atom is -0.481 e. The zero-order chi connectivity index (χ0) is 14.3. The maximum Gasteiger partial charge on any atom is 0.306 e. The van der Waals surface area contributed by atoms with Gasteiger partial charge in [0.2, 0.25) is 0 Å². The maximum atomic E-state index is 13.9. The Kier molecular flexibility index (Phi) is 3.04. The molecule has 1 aliphatic carbocycles. The van der Waals surface area contributed by atoms with Gasteiger partial charge >= 0.3 is 5.97 Å². The van der Waals surface area contributed by atoms with Crippen molar-refractivity contribution >= 4 is 5.97 Å². The van der Waals surface area contributed by atoms with Gasteiger partial charge in [-0.25, -0.2) is 9.07 Å². The number of carboxylic acid groups (broad SMARTS) is 1.